The summed E-state index contributed by atoms with van der Waals surface area (Å²) in [5.74, 6) is 1.80. The summed E-state index contributed by atoms with van der Waals surface area (Å²) in [6, 6.07) is 8.19. The molecule has 0 aliphatic heterocycles. The molecule has 0 amide bonds. The van der Waals surface area contributed by atoms with E-state index in [1.807, 2.05) is 18.2 Å². The van der Waals surface area contributed by atoms with E-state index in [-0.39, 0.29) is 6.04 Å². The van der Waals surface area contributed by atoms with Gasteiger partial charge in [0.15, 0.2) is 0 Å². The number of methoxy groups -OCH3 is 1. The summed E-state index contributed by atoms with van der Waals surface area (Å²) in [6.45, 7) is 1.18. The Morgan fingerprint density at radius 3 is 2.70 bits per heavy atom. The van der Waals surface area contributed by atoms with Crippen molar-refractivity contribution in [3.05, 3.63) is 29.8 Å². The summed E-state index contributed by atoms with van der Waals surface area (Å²) in [7, 11) is 1.68. The van der Waals surface area contributed by atoms with E-state index in [0.717, 1.165) is 23.7 Å². The summed E-state index contributed by atoms with van der Waals surface area (Å²) < 4.78 is 10.8. The van der Waals surface area contributed by atoms with Gasteiger partial charge in [-0.15, -0.1) is 0 Å². The molecule has 2 N–H and O–H groups in total. The van der Waals surface area contributed by atoms with Crippen LogP contribution in [0, 0.1) is 5.92 Å². The van der Waals surface area contributed by atoms with Gasteiger partial charge in [-0.1, -0.05) is 43.9 Å². The Morgan fingerprint density at radius 1 is 1.20 bits per heavy atom. The molecule has 112 valence electrons. The van der Waals surface area contributed by atoms with Crippen molar-refractivity contribution in [2.45, 2.75) is 44.6 Å². The van der Waals surface area contributed by atoms with Gasteiger partial charge in [-0.3, -0.25) is 0 Å². The second kappa shape index (κ2) is 8.28. The molecule has 0 heterocycles. The maximum absolute atomic E-state index is 6.37. The smallest absolute Gasteiger partial charge is 0.124 e. The predicted octanol–water partition coefficient (Wildman–Crippen LogP) is 3.68. The summed E-state index contributed by atoms with van der Waals surface area (Å²) in [6.07, 6.45) is 7.87. The van der Waals surface area contributed by atoms with Gasteiger partial charge in [0, 0.05) is 18.7 Å². The van der Waals surface area contributed by atoms with Crippen LogP contribution in [0.2, 0.25) is 0 Å². The summed E-state index contributed by atoms with van der Waals surface area (Å²) >= 11 is 0. The zero-order valence-electron chi connectivity index (χ0n) is 12.5. The van der Waals surface area contributed by atoms with Crippen molar-refractivity contribution in [1.29, 1.82) is 0 Å². The first kappa shape index (κ1) is 15.3. The van der Waals surface area contributed by atoms with Gasteiger partial charge in [0.25, 0.3) is 0 Å². The number of nitrogens with two attached hydrogens (primary N) is 1. The third-order valence-electron chi connectivity index (χ3n) is 4.22. The predicted molar refractivity (Wildman–Crippen MR) is 81.9 cm³/mol. The van der Waals surface area contributed by atoms with Gasteiger partial charge in [-0.25, -0.2) is 0 Å². The first-order chi connectivity index (χ1) is 9.81. The molecule has 1 saturated carbocycles. The van der Waals surface area contributed by atoms with Gasteiger partial charge >= 0.3 is 0 Å². The van der Waals surface area contributed by atoms with Gasteiger partial charge < -0.3 is 15.2 Å². The molecule has 1 unspecified atom stereocenters. The topological polar surface area (TPSA) is 44.5 Å². The van der Waals surface area contributed by atoms with E-state index in [1.54, 1.807) is 7.11 Å². The minimum absolute atomic E-state index is 0.0781. The van der Waals surface area contributed by atoms with Crippen LogP contribution in [0.15, 0.2) is 24.3 Å². The van der Waals surface area contributed by atoms with E-state index in [1.165, 1.54) is 32.1 Å². The van der Waals surface area contributed by atoms with Crippen LogP contribution in [0.25, 0.3) is 0 Å². The average Bonchev–Trinajstić information content (AvgIpc) is 2.99. The maximum Gasteiger partial charge on any atom is 0.124 e. The molecule has 0 radical (unpaired) electrons. The highest BCUT2D eigenvalue weighted by Gasteiger charge is 2.18. The Bertz CT molecular complexity index is 388. The molecule has 2 rings (SSSR count). The van der Waals surface area contributed by atoms with Crippen LogP contribution < -0.4 is 10.5 Å². The Balaban J connectivity index is 1.88. The first-order valence-corrected chi connectivity index (χ1v) is 7.77. The molecule has 0 bridgehead atoms. The van der Waals surface area contributed by atoms with Gasteiger partial charge in [0.1, 0.15) is 12.4 Å². The fourth-order valence-corrected chi connectivity index (χ4v) is 3.02. The maximum atomic E-state index is 6.37. The lowest BCUT2D eigenvalue weighted by Crippen LogP contribution is -2.14. The highest BCUT2D eigenvalue weighted by atomic mass is 16.5. The second-order valence-corrected chi connectivity index (χ2v) is 5.71. The third kappa shape index (κ3) is 4.50. The summed E-state index contributed by atoms with van der Waals surface area (Å²) in [5.41, 5.74) is 7.49. The number of para-hydroxylation sites is 1. The molecule has 1 fully saturated rings. The van der Waals surface area contributed by atoms with E-state index >= 15 is 0 Å². The molecule has 0 saturated heterocycles. The van der Waals surface area contributed by atoms with Crippen molar-refractivity contribution in [1.82, 2.24) is 0 Å². The zero-order valence-corrected chi connectivity index (χ0v) is 12.5. The molecule has 3 heteroatoms. The second-order valence-electron chi connectivity index (χ2n) is 5.71. The van der Waals surface area contributed by atoms with E-state index in [4.69, 9.17) is 15.2 Å². The lowest BCUT2D eigenvalue weighted by atomic mass is 9.95. The number of ether oxygens (including phenoxy) is 2. The Labute approximate surface area is 122 Å². The molecular formula is C17H27NO2. The Hall–Kier alpha value is -1.06. The van der Waals surface area contributed by atoms with Crippen LogP contribution in [-0.4, -0.2) is 20.3 Å². The minimum atomic E-state index is 0.0781. The first-order valence-electron chi connectivity index (χ1n) is 7.77. The average molecular weight is 277 g/mol. The standard InChI is InChI=1S/C17H27NO2/c1-19-12-13-20-17-9-5-4-8-15(17)16(18)11-10-14-6-2-3-7-14/h4-5,8-9,14,16H,2-3,6-7,10-13,18H2,1H3. The molecule has 0 aromatic heterocycles. The molecular weight excluding hydrogens is 250 g/mol. The number of hydrogen-bond donors (Lipinski definition) is 1. The third-order valence-corrected chi connectivity index (χ3v) is 4.22. The molecule has 20 heavy (non-hydrogen) atoms. The van der Waals surface area contributed by atoms with Crippen LogP contribution in [0.5, 0.6) is 5.75 Å². The van der Waals surface area contributed by atoms with E-state index in [0.29, 0.717) is 13.2 Å². The van der Waals surface area contributed by atoms with Crippen molar-refractivity contribution in [3.8, 4) is 5.75 Å². The lowest BCUT2D eigenvalue weighted by Gasteiger charge is -2.18. The van der Waals surface area contributed by atoms with E-state index in [9.17, 15) is 0 Å². The van der Waals surface area contributed by atoms with Crippen molar-refractivity contribution in [2.24, 2.45) is 11.7 Å². The van der Waals surface area contributed by atoms with Crippen molar-refractivity contribution in [3.63, 3.8) is 0 Å². The number of rotatable bonds is 8. The number of hydrogen-bond acceptors (Lipinski definition) is 3. The molecule has 1 aliphatic rings. The van der Waals surface area contributed by atoms with Crippen LogP contribution in [0.1, 0.15) is 50.1 Å². The normalized spacial score (nSPS) is 17.3. The van der Waals surface area contributed by atoms with E-state index < -0.39 is 0 Å². The van der Waals surface area contributed by atoms with Crippen molar-refractivity contribution in [2.75, 3.05) is 20.3 Å². The van der Waals surface area contributed by atoms with Crippen molar-refractivity contribution < 1.29 is 9.47 Å². The fourth-order valence-electron chi connectivity index (χ4n) is 3.02. The van der Waals surface area contributed by atoms with Crippen LogP contribution in [-0.2, 0) is 4.74 Å². The highest BCUT2D eigenvalue weighted by molar-refractivity contribution is 5.35. The van der Waals surface area contributed by atoms with Crippen molar-refractivity contribution >= 4 is 0 Å². The van der Waals surface area contributed by atoms with Crippen LogP contribution in [0.3, 0.4) is 0 Å². The minimum Gasteiger partial charge on any atom is -0.491 e. The fraction of sp³-hybridized carbons (Fsp3) is 0.647. The molecule has 1 aromatic rings. The molecule has 3 nitrogen and oxygen atoms in total. The highest BCUT2D eigenvalue weighted by Crippen LogP contribution is 2.32. The Kier molecular flexibility index (Phi) is 6.34. The quantitative estimate of drug-likeness (QED) is 0.737. The van der Waals surface area contributed by atoms with Gasteiger partial charge in [0.2, 0.25) is 0 Å². The SMILES string of the molecule is COCCOc1ccccc1C(N)CCC1CCCC1. The summed E-state index contributed by atoms with van der Waals surface area (Å²) in [5, 5.41) is 0. The molecule has 1 aromatic carbocycles. The monoisotopic (exact) mass is 277 g/mol. The van der Waals surface area contributed by atoms with Crippen LogP contribution >= 0.6 is 0 Å². The van der Waals surface area contributed by atoms with E-state index in [2.05, 4.69) is 6.07 Å². The Morgan fingerprint density at radius 2 is 1.95 bits per heavy atom. The zero-order chi connectivity index (χ0) is 14.2. The van der Waals surface area contributed by atoms with Gasteiger partial charge in [-0.05, 0) is 24.8 Å². The van der Waals surface area contributed by atoms with Gasteiger partial charge in [0.05, 0.1) is 6.61 Å². The summed E-state index contributed by atoms with van der Waals surface area (Å²) in [4.78, 5) is 0. The molecule has 1 atom stereocenters. The lowest BCUT2D eigenvalue weighted by molar-refractivity contribution is 0.145. The van der Waals surface area contributed by atoms with Crippen LogP contribution in [0.4, 0.5) is 0 Å². The largest absolute Gasteiger partial charge is 0.491 e. The van der Waals surface area contributed by atoms with Gasteiger partial charge in [-0.2, -0.15) is 0 Å². The number of benzene rings is 1. The molecule has 1 aliphatic carbocycles. The molecule has 0 spiro atoms.